The van der Waals surface area contributed by atoms with Gasteiger partial charge in [-0.15, -0.1) is 0 Å². The molecule has 2 aromatic carbocycles. The highest BCUT2D eigenvalue weighted by atomic mass is 15.2. The lowest BCUT2D eigenvalue weighted by atomic mass is 9.90. The highest BCUT2D eigenvalue weighted by molar-refractivity contribution is 5.72. The fourth-order valence-electron chi connectivity index (χ4n) is 4.26. The molecule has 2 atom stereocenters. The number of nitrogens with zero attached hydrogens (tertiary/aromatic N) is 2. The summed E-state index contributed by atoms with van der Waals surface area (Å²) in [4.78, 5) is 2.66. The van der Waals surface area contributed by atoms with Gasteiger partial charge in [0.25, 0.3) is 0 Å². The van der Waals surface area contributed by atoms with Gasteiger partial charge in [0.15, 0.2) is 0 Å². The molecule has 2 unspecified atom stereocenters. The van der Waals surface area contributed by atoms with Gasteiger partial charge < -0.3 is 0 Å². The van der Waals surface area contributed by atoms with Crippen molar-refractivity contribution in [2.75, 3.05) is 0 Å². The predicted molar refractivity (Wildman–Crippen MR) is 97.3 cm³/mol. The van der Waals surface area contributed by atoms with Crippen LogP contribution in [0.2, 0.25) is 0 Å². The number of nitriles is 1. The first-order valence-electron chi connectivity index (χ1n) is 8.76. The number of hydrogen-bond donors (Lipinski definition) is 0. The lowest BCUT2D eigenvalue weighted by Gasteiger charge is -2.34. The van der Waals surface area contributed by atoms with Crippen LogP contribution in [-0.2, 0) is 6.54 Å². The lowest BCUT2D eigenvalue weighted by Crippen LogP contribution is -2.37. The summed E-state index contributed by atoms with van der Waals surface area (Å²) in [5.74, 6) is 0. The second-order valence-electron chi connectivity index (χ2n) is 6.94. The molecule has 2 heterocycles. The summed E-state index contributed by atoms with van der Waals surface area (Å²) in [5, 5.41) is 9.29. The summed E-state index contributed by atoms with van der Waals surface area (Å²) < 4.78 is 0. The Morgan fingerprint density at radius 3 is 2.67 bits per heavy atom. The Hall–Kier alpha value is -2.37. The molecule has 2 nitrogen and oxygen atoms in total. The Morgan fingerprint density at radius 1 is 1.08 bits per heavy atom. The van der Waals surface area contributed by atoms with E-state index >= 15 is 0 Å². The van der Waals surface area contributed by atoms with Gasteiger partial charge >= 0.3 is 0 Å². The van der Waals surface area contributed by atoms with Gasteiger partial charge in [-0.2, -0.15) is 5.26 Å². The third-order valence-electron chi connectivity index (χ3n) is 5.55. The highest BCUT2D eigenvalue weighted by Gasteiger charge is 2.36. The summed E-state index contributed by atoms with van der Waals surface area (Å²) in [7, 11) is 0. The number of hydrogen-bond acceptors (Lipinski definition) is 2. The van der Waals surface area contributed by atoms with E-state index in [0.717, 1.165) is 24.1 Å². The predicted octanol–water partition coefficient (Wildman–Crippen LogP) is 4.69. The molecule has 24 heavy (non-hydrogen) atoms. The SMILES string of the molecule is Cc1c(C#N)cccc1C1=CC2CCC(C1)N2Cc1ccccc1. The molecule has 0 aromatic heterocycles. The van der Waals surface area contributed by atoms with Gasteiger partial charge in [-0.1, -0.05) is 48.5 Å². The minimum absolute atomic E-state index is 0.532. The smallest absolute Gasteiger partial charge is 0.0994 e. The molecule has 0 spiro atoms. The van der Waals surface area contributed by atoms with Crippen LogP contribution in [0.4, 0.5) is 0 Å². The van der Waals surface area contributed by atoms with Gasteiger partial charge in [-0.25, -0.2) is 0 Å². The van der Waals surface area contributed by atoms with E-state index in [0.29, 0.717) is 12.1 Å². The van der Waals surface area contributed by atoms with Gasteiger partial charge in [0.1, 0.15) is 0 Å². The van der Waals surface area contributed by atoms with E-state index in [9.17, 15) is 5.26 Å². The third kappa shape index (κ3) is 2.66. The van der Waals surface area contributed by atoms with Gasteiger partial charge in [-0.05, 0) is 54.5 Å². The molecule has 2 bridgehead atoms. The molecule has 0 aliphatic carbocycles. The Labute approximate surface area is 144 Å². The van der Waals surface area contributed by atoms with Crippen LogP contribution >= 0.6 is 0 Å². The third-order valence-corrected chi connectivity index (χ3v) is 5.55. The van der Waals surface area contributed by atoms with Crippen LogP contribution in [-0.4, -0.2) is 17.0 Å². The Bertz CT molecular complexity index is 814. The summed E-state index contributed by atoms with van der Waals surface area (Å²) in [6.07, 6.45) is 6.07. The quantitative estimate of drug-likeness (QED) is 0.822. The first-order chi connectivity index (χ1) is 11.8. The molecule has 0 N–H and O–H groups in total. The molecule has 2 aliphatic rings. The summed E-state index contributed by atoms with van der Waals surface area (Å²) in [5.41, 5.74) is 6.02. The molecule has 0 radical (unpaired) electrons. The van der Waals surface area contributed by atoms with E-state index in [4.69, 9.17) is 0 Å². The molecule has 2 aromatic rings. The minimum atomic E-state index is 0.532. The molecular formula is C22H22N2. The van der Waals surface area contributed by atoms with Gasteiger partial charge in [0, 0.05) is 18.6 Å². The van der Waals surface area contributed by atoms with Crippen LogP contribution < -0.4 is 0 Å². The summed E-state index contributed by atoms with van der Waals surface area (Å²) >= 11 is 0. The monoisotopic (exact) mass is 314 g/mol. The summed E-state index contributed by atoms with van der Waals surface area (Å²) in [6, 6.07) is 20.3. The average molecular weight is 314 g/mol. The molecule has 4 rings (SSSR count). The first-order valence-corrected chi connectivity index (χ1v) is 8.76. The van der Waals surface area contributed by atoms with Crippen LogP contribution in [0.15, 0.2) is 54.6 Å². The van der Waals surface area contributed by atoms with Crippen molar-refractivity contribution in [2.24, 2.45) is 0 Å². The molecular weight excluding hydrogens is 292 g/mol. The second-order valence-corrected chi connectivity index (χ2v) is 6.94. The van der Waals surface area contributed by atoms with Crippen molar-refractivity contribution in [2.45, 2.75) is 44.8 Å². The van der Waals surface area contributed by atoms with Gasteiger partial charge in [0.05, 0.1) is 11.6 Å². The number of benzene rings is 2. The average Bonchev–Trinajstić information content (AvgIpc) is 2.84. The normalized spacial score (nSPS) is 22.9. The van der Waals surface area contributed by atoms with Crippen LogP contribution in [0.5, 0.6) is 0 Å². The topological polar surface area (TPSA) is 27.0 Å². The van der Waals surface area contributed by atoms with Gasteiger partial charge in [-0.3, -0.25) is 4.90 Å². The Balaban J connectivity index is 1.62. The van der Waals surface area contributed by atoms with Crippen LogP contribution in [0, 0.1) is 18.3 Å². The zero-order valence-corrected chi connectivity index (χ0v) is 14.1. The van der Waals surface area contributed by atoms with Crippen molar-refractivity contribution in [1.82, 2.24) is 4.90 Å². The first kappa shape index (κ1) is 15.2. The van der Waals surface area contributed by atoms with E-state index in [1.165, 1.54) is 29.5 Å². The Morgan fingerprint density at radius 2 is 1.92 bits per heavy atom. The van der Waals surface area contributed by atoms with E-state index in [1.54, 1.807) is 0 Å². The molecule has 2 aliphatic heterocycles. The fourth-order valence-corrected chi connectivity index (χ4v) is 4.26. The zero-order chi connectivity index (χ0) is 16.5. The van der Waals surface area contributed by atoms with E-state index in [2.05, 4.69) is 60.4 Å². The van der Waals surface area contributed by atoms with Crippen LogP contribution in [0.3, 0.4) is 0 Å². The minimum Gasteiger partial charge on any atom is -0.289 e. The van der Waals surface area contributed by atoms with Crippen LogP contribution in [0.1, 0.15) is 41.5 Å². The Kier molecular flexibility index (Phi) is 3.96. The van der Waals surface area contributed by atoms with Crippen molar-refractivity contribution in [3.8, 4) is 6.07 Å². The standard InChI is InChI=1S/C22H22N2/c1-16-18(14-23)8-5-9-22(16)19-12-20-10-11-21(13-19)24(20)15-17-6-3-2-4-7-17/h2-9,12,20-21H,10-11,13,15H2,1H3. The van der Waals surface area contributed by atoms with E-state index < -0.39 is 0 Å². The van der Waals surface area contributed by atoms with Crippen molar-refractivity contribution in [3.05, 3.63) is 76.9 Å². The van der Waals surface area contributed by atoms with Crippen molar-refractivity contribution in [3.63, 3.8) is 0 Å². The maximum absolute atomic E-state index is 9.29. The zero-order valence-electron chi connectivity index (χ0n) is 14.1. The van der Waals surface area contributed by atoms with E-state index in [1.807, 2.05) is 12.1 Å². The maximum Gasteiger partial charge on any atom is 0.0994 e. The number of fused-ring (bicyclic) bond motifs is 2. The molecule has 1 saturated heterocycles. The van der Waals surface area contributed by atoms with Crippen molar-refractivity contribution in [1.29, 1.82) is 5.26 Å². The highest BCUT2D eigenvalue weighted by Crippen LogP contribution is 2.40. The largest absolute Gasteiger partial charge is 0.289 e. The van der Waals surface area contributed by atoms with Crippen LogP contribution in [0.25, 0.3) is 5.57 Å². The van der Waals surface area contributed by atoms with E-state index in [-0.39, 0.29) is 0 Å². The number of rotatable bonds is 3. The lowest BCUT2D eigenvalue weighted by molar-refractivity contribution is 0.203. The second kappa shape index (κ2) is 6.26. The summed E-state index contributed by atoms with van der Waals surface area (Å²) in [6.45, 7) is 3.12. The molecule has 1 fully saturated rings. The molecule has 2 heteroatoms. The molecule has 120 valence electrons. The van der Waals surface area contributed by atoms with Crippen molar-refractivity contribution >= 4 is 5.57 Å². The van der Waals surface area contributed by atoms with Gasteiger partial charge in [0.2, 0.25) is 0 Å². The molecule has 0 amide bonds. The maximum atomic E-state index is 9.29. The fraction of sp³-hybridized carbons (Fsp3) is 0.318. The molecule has 0 saturated carbocycles. The van der Waals surface area contributed by atoms with Crippen molar-refractivity contribution < 1.29 is 0 Å².